The van der Waals surface area contributed by atoms with Gasteiger partial charge in [0.25, 0.3) is 0 Å². The SMILES string of the molecule is CCCCC(CC)C(=O)NC(C)CCCl. The average molecular weight is 234 g/mol. The molecular weight excluding hydrogens is 210 g/mol. The van der Waals surface area contributed by atoms with Gasteiger partial charge in [-0.1, -0.05) is 26.7 Å². The lowest BCUT2D eigenvalue weighted by atomic mass is 9.98. The minimum absolute atomic E-state index is 0.183. The van der Waals surface area contributed by atoms with Crippen LogP contribution in [0.4, 0.5) is 0 Å². The maximum atomic E-state index is 11.8. The molecule has 2 atom stereocenters. The second-order valence-corrected chi connectivity index (χ2v) is 4.51. The quantitative estimate of drug-likeness (QED) is 0.641. The summed E-state index contributed by atoms with van der Waals surface area (Å²) >= 11 is 5.63. The molecule has 0 aromatic rings. The van der Waals surface area contributed by atoms with Gasteiger partial charge in [0.05, 0.1) is 0 Å². The Labute approximate surface area is 98.8 Å². The minimum Gasteiger partial charge on any atom is -0.353 e. The molecule has 3 heteroatoms. The summed E-state index contributed by atoms with van der Waals surface area (Å²) in [5.41, 5.74) is 0. The zero-order valence-corrected chi connectivity index (χ0v) is 10.9. The van der Waals surface area contributed by atoms with E-state index in [9.17, 15) is 4.79 Å². The van der Waals surface area contributed by atoms with Crippen LogP contribution in [0.1, 0.15) is 52.9 Å². The van der Waals surface area contributed by atoms with Crippen molar-refractivity contribution in [2.45, 2.75) is 58.9 Å². The fourth-order valence-corrected chi connectivity index (χ4v) is 1.89. The van der Waals surface area contributed by atoms with Gasteiger partial charge in [0.1, 0.15) is 0 Å². The predicted octanol–water partition coefficient (Wildman–Crippen LogP) is 3.34. The fourth-order valence-electron chi connectivity index (χ4n) is 1.57. The van der Waals surface area contributed by atoms with E-state index in [1.54, 1.807) is 0 Å². The Hall–Kier alpha value is -0.240. The number of amides is 1. The molecule has 2 unspecified atom stereocenters. The number of carbonyl (C=O) groups excluding carboxylic acids is 1. The molecule has 0 fully saturated rings. The summed E-state index contributed by atoms with van der Waals surface area (Å²) in [4.78, 5) is 11.8. The number of carbonyl (C=O) groups is 1. The number of alkyl halides is 1. The van der Waals surface area contributed by atoms with E-state index >= 15 is 0 Å². The summed E-state index contributed by atoms with van der Waals surface area (Å²) < 4.78 is 0. The maximum Gasteiger partial charge on any atom is 0.223 e. The van der Waals surface area contributed by atoms with Crippen molar-refractivity contribution in [3.8, 4) is 0 Å². The van der Waals surface area contributed by atoms with Gasteiger partial charge in [0, 0.05) is 17.8 Å². The number of unbranched alkanes of at least 4 members (excludes halogenated alkanes) is 1. The topological polar surface area (TPSA) is 29.1 Å². The molecule has 0 saturated carbocycles. The summed E-state index contributed by atoms with van der Waals surface area (Å²) in [6.45, 7) is 6.24. The third-order valence-corrected chi connectivity index (χ3v) is 2.92. The normalized spacial score (nSPS) is 14.7. The van der Waals surface area contributed by atoms with Crippen molar-refractivity contribution >= 4 is 17.5 Å². The van der Waals surface area contributed by atoms with Crippen LogP contribution in [0.2, 0.25) is 0 Å². The van der Waals surface area contributed by atoms with E-state index in [0.29, 0.717) is 5.88 Å². The molecule has 0 aromatic heterocycles. The van der Waals surface area contributed by atoms with Crippen molar-refractivity contribution in [1.82, 2.24) is 5.32 Å². The van der Waals surface area contributed by atoms with E-state index in [1.807, 2.05) is 6.92 Å². The van der Waals surface area contributed by atoms with Gasteiger partial charge < -0.3 is 5.32 Å². The standard InChI is InChI=1S/C12H24ClNO/c1-4-6-7-11(5-2)12(15)14-10(3)8-9-13/h10-11H,4-9H2,1-3H3,(H,14,15). The van der Waals surface area contributed by atoms with Crippen LogP contribution in [-0.2, 0) is 4.79 Å². The van der Waals surface area contributed by atoms with Gasteiger partial charge in [-0.15, -0.1) is 11.6 Å². The van der Waals surface area contributed by atoms with Crippen LogP contribution in [0.25, 0.3) is 0 Å². The monoisotopic (exact) mass is 233 g/mol. The molecule has 0 rings (SSSR count). The van der Waals surface area contributed by atoms with E-state index in [4.69, 9.17) is 11.6 Å². The zero-order chi connectivity index (χ0) is 11.7. The Balaban J connectivity index is 3.91. The molecule has 0 saturated heterocycles. The van der Waals surface area contributed by atoms with Gasteiger partial charge >= 0.3 is 0 Å². The number of rotatable bonds is 8. The smallest absolute Gasteiger partial charge is 0.223 e. The van der Waals surface area contributed by atoms with Crippen molar-refractivity contribution in [3.63, 3.8) is 0 Å². The van der Waals surface area contributed by atoms with Gasteiger partial charge in [-0.3, -0.25) is 4.79 Å². The molecule has 15 heavy (non-hydrogen) atoms. The highest BCUT2D eigenvalue weighted by Gasteiger charge is 2.17. The molecule has 0 heterocycles. The molecule has 0 radical (unpaired) electrons. The third kappa shape index (κ3) is 6.77. The average Bonchev–Trinajstić information content (AvgIpc) is 2.19. The van der Waals surface area contributed by atoms with Crippen molar-refractivity contribution in [1.29, 1.82) is 0 Å². The highest BCUT2D eigenvalue weighted by molar-refractivity contribution is 6.17. The second kappa shape index (κ2) is 9.02. The molecule has 0 bridgehead atoms. The lowest BCUT2D eigenvalue weighted by Gasteiger charge is -2.18. The van der Waals surface area contributed by atoms with Gasteiger partial charge in [-0.25, -0.2) is 0 Å². The Morgan fingerprint density at radius 3 is 2.47 bits per heavy atom. The van der Waals surface area contributed by atoms with Crippen molar-refractivity contribution in [3.05, 3.63) is 0 Å². The van der Waals surface area contributed by atoms with Crippen molar-refractivity contribution in [2.75, 3.05) is 5.88 Å². The van der Waals surface area contributed by atoms with Crippen LogP contribution in [0.3, 0.4) is 0 Å². The van der Waals surface area contributed by atoms with Gasteiger partial charge in [-0.05, 0) is 26.2 Å². The highest BCUT2D eigenvalue weighted by atomic mass is 35.5. The molecule has 0 aliphatic carbocycles. The van der Waals surface area contributed by atoms with E-state index in [1.165, 1.54) is 0 Å². The molecule has 0 spiro atoms. The molecule has 0 aromatic carbocycles. The van der Waals surface area contributed by atoms with E-state index < -0.39 is 0 Å². The molecular formula is C12H24ClNO. The van der Waals surface area contributed by atoms with E-state index in [2.05, 4.69) is 19.2 Å². The molecule has 0 aliphatic rings. The van der Waals surface area contributed by atoms with Gasteiger partial charge in [0.15, 0.2) is 0 Å². The van der Waals surface area contributed by atoms with Crippen LogP contribution in [0.5, 0.6) is 0 Å². The Morgan fingerprint density at radius 1 is 1.33 bits per heavy atom. The van der Waals surface area contributed by atoms with Gasteiger partial charge in [0.2, 0.25) is 5.91 Å². The molecule has 0 aliphatic heterocycles. The zero-order valence-electron chi connectivity index (χ0n) is 10.2. The summed E-state index contributed by atoms with van der Waals surface area (Å²) in [6.07, 6.45) is 5.07. The fraction of sp³-hybridized carbons (Fsp3) is 0.917. The minimum atomic E-state index is 0.183. The number of hydrogen-bond acceptors (Lipinski definition) is 1. The first-order valence-electron chi connectivity index (χ1n) is 6.02. The number of halogens is 1. The van der Waals surface area contributed by atoms with Crippen LogP contribution in [0.15, 0.2) is 0 Å². The maximum absolute atomic E-state index is 11.8. The highest BCUT2D eigenvalue weighted by Crippen LogP contribution is 2.13. The van der Waals surface area contributed by atoms with Crippen molar-refractivity contribution < 1.29 is 4.79 Å². The molecule has 1 amide bonds. The van der Waals surface area contributed by atoms with Crippen LogP contribution >= 0.6 is 11.6 Å². The predicted molar refractivity (Wildman–Crippen MR) is 66.2 cm³/mol. The second-order valence-electron chi connectivity index (χ2n) is 4.13. The summed E-state index contributed by atoms with van der Waals surface area (Å²) in [5.74, 6) is 0.985. The van der Waals surface area contributed by atoms with Crippen LogP contribution < -0.4 is 5.32 Å². The number of nitrogens with one attached hydrogen (secondary N) is 1. The molecule has 90 valence electrons. The Bertz CT molecular complexity index is 173. The first kappa shape index (κ1) is 14.8. The Morgan fingerprint density at radius 2 is 2.00 bits per heavy atom. The lowest BCUT2D eigenvalue weighted by molar-refractivity contribution is -0.126. The Kier molecular flexibility index (Phi) is 8.88. The van der Waals surface area contributed by atoms with Crippen LogP contribution in [-0.4, -0.2) is 17.8 Å². The van der Waals surface area contributed by atoms with E-state index in [0.717, 1.165) is 32.1 Å². The first-order valence-corrected chi connectivity index (χ1v) is 6.55. The lowest BCUT2D eigenvalue weighted by Crippen LogP contribution is -2.37. The summed E-state index contributed by atoms with van der Waals surface area (Å²) in [7, 11) is 0. The molecule has 1 N–H and O–H groups in total. The number of hydrogen-bond donors (Lipinski definition) is 1. The van der Waals surface area contributed by atoms with Crippen LogP contribution in [0, 0.1) is 5.92 Å². The summed E-state index contributed by atoms with van der Waals surface area (Å²) in [5, 5.41) is 3.02. The summed E-state index contributed by atoms with van der Waals surface area (Å²) in [6, 6.07) is 0.200. The van der Waals surface area contributed by atoms with E-state index in [-0.39, 0.29) is 17.9 Å². The van der Waals surface area contributed by atoms with Crippen molar-refractivity contribution in [2.24, 2.45) is 5.92 Å². The largest absolute Gasteiger partial charge is 0.353 e. The first-order chi connectivity index (χ1) is 7.15. The molecule has 2 nitrogen and oxygen atoms in total. The van der Waals surface area contributed by atoms with Gasteiger partial charge in [-0.2, -0.15) is 0 Å². The third-order valence-electron chi connectivity index (χ3n) is 2.70.